The van der Waals surface area contributed by atoms with Crippen LogP contribution in [0.25, 0.3) is 22.3 Å². The third-order valence-corrected chi connectivity index (χ3v) is 11.9. The Balaban J connectivity index is 1.11. The number of para-hydroxylation sites is 2. The monoisotopic (exact) mass is 632 g/mol. The summed E-state index contributed by atoms with van der Waals surface area (Å²) in [5, 5.41) is 7.21. The van der Waals surface area contributed by atoms with E-state index in [0.717, 1.165) is 45.0 Å². The molecule has 0 saturated heterocycles. The van der Waals surface area contributed by atoms with Crippen LogP contribution in [0.15, 0.2) is 143 Å². The van der Waals surface area contributed by atoms with Gasteiger partial charge in [-0.1, -0.05) is 113 Å². The van der Waals surface area contributed by atoms with E-state index in [0.29, 0.717) is 0 Å². The maximum absolute atomic E-state index is 13.9. The molecular weight excluding hydrogens is 597 g/mol. The van der Waals surface area contributed by atoms with Crippen LogP contribution in [0.1, 0.15) is 49.9 Å². The molecule has 2 aliphatic rings. The minimum atomic E-state index is -3.72. The van der Waals surface area contributed by atoms with Gasteiger partial charge in [0.15, 0.2) is 0 Å². The Bertz CT molecular complexity index is 2140. The Morgan fingerprint density at radius 1 is 0.426 bits per heavy atom. The number of nitrogens with one attached hydrogen (secondary N) is 2. The first-order valence-corrected chi connectivity index (χ1v) is 17.5. The van der Waals surface area contributed by atoms with Gasteiger partial charge in [-0.05, 0) is 93.0 Å². The summed E-state index contributed by atoms with van der Waals surface area (Å²) >= 11 is 0. The molecular formula is C42H36N2O2S. The van der Waals surface area contributed by atoms with Gasteiger partial charge in [0, 0.05) is 33.6 Å². The Hall–Kier alpha value is -5.13. The molecule has 6 aromatic carbocycles. The number of hydrogen-bond acceptors (Lipinski definition) is 4. The first-order valence-electron chi connectivity index (χ1n) is 16.0. The third-order valence-electron chi connectivity index (χ3n) is 10.1. The number of benzene rings is 6. The molecule has 0 radical (unpaired) electrons. The summed E-state index contributed by atoms with van der Waals surface area (Å²) in [6.07, 6.45) is 0. The van der Waals surface area contributed by atoms with E-state index in [1.54, 1.807) is 24.3 Å². The lowest BCUT2D eigenvalue weighted by molar-refractivity contribution is 0.596. The summed E-state index contributed by atoms with van der Waals surface area (Å²) in [4.78, 5) is 0.557. The highest BCUT2D eigenvalue weighted by atomic mass is 32.2. The first kappa shape index (κ1) is 29.3. The van der Waals surface area contributed by atoms with Crippen LogP contribution in [0.2, 0.25) is 0 Å². The van der Waals surface area contributed by atoms with Crippen molar-refractivity contribution in [3.05, 3.63) is 156 Å². The average Bonchev–Trinajstić information content (AvgIpc) is 3.08. The number of sulfone groups is 1. The van der Waals surface area contributed by atoms with Crippen molar-refractivity contribution in [3.8, 4) is 22.3 Å². The summed E-state index contributed by atoms with van der Waals surface area (Å²) in [5.41, 5.74) is 13.0. The van der Waals surface area contributed by atoms with Gasteiger partial charge in [0.25, 0.3) is 0 Å². The molecule has 2 N–H and O–H groups in total. The zero-order chi connectivity index (χ0) is 32.6. The van der Waals surface area contributed by atoms with Crippen LogP contribution in [-0.2, 0) is 20.7 Å². The molecule has 2 heterocycles. The summed E-state index contributed by atoms with van der Waals surface area (Å²) in [6, 6.07) is 44.0. The molecule has 0 atom stereocenters. The molecule has 0 spiro atoms. The molecule has 8 rings (SSSR count). The van der Waals surface area contributed by atoms with E-state index in [4.69, 9.17) is 0 Å². The van der Waals surface area contributed by atoms with Gasteiger partial charge in [-0.25, -0.2) is 8.42 Å². The number of fused-ring (bicyclic) bond motifs is 4. The normalized spacial score (nSPS) is 15.2. The Morgan fingerprint density at radius 2 is 0.787 bits per heavy atom. The highest BCUT2D eigenvalue weighted by molar-refractivity contribution is 7.91. The van der Waals surface area contributed by atoms with Crippen molar-refractivity contribution in [2.75, 3.05) is 10.6 Å². The molecule has 0 unspecified atom stereocenters. The van der Waals surface area contributed by atoms with Crippen LogP contribution in [-0.4, -0.2) is 8.42 Å². The number of rotatable bonds is 4. The third kappa shape index (κ3) is 4.52. The van der Waals surface area contributed by atoms with Crippen molar-refractivity contribution >= 4 is 32.6 Å². The first-order chi connectivity index (χ1) is 22.6. The fraction of sp³-hybridized carbons (Fsp3) is 0.143. The van der Waals surface area contributed by atoms with Crippen molar-refractivity contribution in [3.63, 3.8) is 0 Å². The van der Waals surface area contributed by atoms with E-state index in [2.05, 4.69) is 123 Å². The second-order valence-corrected chi connectivity index (χ2v) is 15.5. The summed E-state index contributed by atoms with van der Waals surface area (Å²) < 4.78 is 27.7. The van der Waals surface area contributed by atoms with Gasteiger partial charge in [-0.2, -0.15) is 0 Å². The highest BCUT2D eigenvalue weighted by Gasteiger charge is 2.36. The van der Waals surface area contributed by atoms with Gasteiger partial charge in [0.1, 0.15) is 0 Å². The largest absolute Gasteiger partial charge is 0.355 e. The van der Waals surface area contributed by atoms with Crippen molar-refractivity contribution in [1.82, 2.24) is 0 Å². The van der Waals surface area contributed by atoms with Crippen molar-refractivity contribution < 1.29 is 8.42 Å². The quantitative estimate of drug-likeness (QED) is 0.203. The molecule has 0 amide bonds. The zero-order valence-corrected chi connectivity index (χ0v) is 27.7. The summed E-state index contributed by atoms with van der Waals surface area (Å²) in [7, 11) is -3.72. The topological polar surface area (TPSA) is 58.2 Å². The van der Waals surface area contributed by atoms with Gasteiger partial charge < -0.3 is 10.6 Å². The number of anilines is 4. The molecule has 0 fully saturated rings. The smallest absolute Gasteiger partial charge is 0.206 e. The van der Waals surface area contributed by atoms with Crippen LogP contribution in [0.5, 0.6) is 0 Å². The molecule has 0 saturated carbocycles. The zero-order valence-electron chi connectivity index (χ0n) is 26.9. The van der Waals surface area contributed by atoms with E-state index < -0.39 is 9.84 Å². The molecule has 0 aromatic heterocycles. The highest BCUT2D eigenvalue weighted by Crippen LogP contribution is 2.50. The molecule has 232 valence electrons. The van der Waals surface area contributed by atoms with E-state index >= 15 is 0 Å². The van der Waals surface area contributed by atoms with Crippen LogP contribution >= 0.6 is 0 Å². The molecule has 0 aliphatic carbocycles. The predicted octanol–water partition coefficient (Wildman–Crippen LogP) is 10.6. The lowest BCUT2D eigenvalue weighted by Crippen LogP contribution is -2.26. The van der Waals surface area contributed by atoms with Gasteiger partial charge in [-0.3, -0.25) is 0 Å². The fourth-order valence-electron chi connectivity index (χ4n) is 7.74. The van der Waals surface area contributed by atoms with E-state index in [1.807, 2.05) is 24.3 Å². The van der Waals surface area contributed by atoms with Crippen LogP contribution < -0.4 is 10.6 Å². The SMILES string of the molecule is CC1(C)c2ccccc2Nc2cccc(-c3ccc(S(=O)(=O)c4ccc(-c5cccc6c5C(C)(C)c5ccccc5N6)cc4)cc3)c21. The fourth-order valence-corrected chi connectivity index (χ4v) is 9.00. The Labute approximate surface area is 277 Å². The summed E-state index contributed by atoms with van der Waals surface area (Å²) in [5.74, 6) is 0. The molecule has 2 aliphatic heterocycles. The van der Waals surface area contributed by atoms with Crippen LogP contribution in [0, 0.1) is 0 Å². The minimum absolute atomic E-state index is 0.229. The second-order valence-electron chi connectivity index (χ2n) is 13.6. The second kappa shape index (κ2) is 10.4. The van der Waals surface area contributed by atoms with Gasteiger partial charge in [0.05, 0.1) is 9.79 Å². The molecule has 6 aromatic rings. The maximum atomic E-state index is 13.9. The lowest BCUT2D eigenvalue weighted by Gasteiger charge is -2.37. The lowest BCUT2D eigenvalue weighted by atomic mass is 9.71. The van der Waals surface area contributed by atoms with Gasteiger partial charge in [0.2, 0.25) is 9.84 Å². The molecule has 0 bridgehead atoms. The van der Waals surface area contributed by atoms with Crippen molar-refractivity contribution in [1.29, 1.82) is 0 Å². The summed E-state index contributed by atoms with van der Waals surface area (Å²) in [6.45, 7) is 9.00. The Kier molecular flexibility index (Phi) is 6.51. The van der Waals surface area contributed by atoms with Crippen molar-refractivity contribution in [2.24, 2.45) is 0 Å². The maximum Gasteiger partial charge on any atom is 0.206 e. The molecule has 5 heteroatoms. The van der Waals surface area contributed by atoms with Crippen LogP contribution in [0.4, 0.5) is 22.7 Å². The standard InChI is InChI=1S/C42H36N2O2S/c1-41(2)33-13-5-7-15-35(33)43-37-17-9-11-31(39(37)41)27-19-23-29(24-20-27)47(45,46)30-25-21-28(22-26-30)32-12-10-18-38-40(32)42(3,4)34-14-6-8-16-36(34)44-38/h5-26,43-44H,1-4H3. The van der Waals surface area contributed by atoms with Gasteiger partial charge in [-0.15, -0.1) is 0 Å². The Morgan fingerprint density at radius 3 is 1.19 bits per heavy atom. The molecule has 4 nitrogen and oxygen atoms in total. The predicted molar refractivity (Wildman–Crippen MR) is 193 cm³/mol. The van der Waals surface area contributed by atoms with Crippen LogP contribution in [0.3, 0.4) is 0 Å². The average molecular weight is 633 g/mol. The van der Waals surface area contributed by atoms with Crippen molar-refractivity contribution in [2.45, 2.75) is 48.3 Å². The molecule has 47 heavy (non-hydrogen) atoms. The van der Waals surface area contributed by atoms with E-state index in [-0.39, 0.29) is 20.6 Å². The van der Waals surface area contributed by atoms with Gasteiger partial charge >= 0.3 is 0 Å². The van der Waals surface area contributed by atoms with E-state index in [1.165, 1.54) is 22.3 Å². The van der Waals surface area contributed by atoms with E-state index in [9.17, 15) is 8.42 Å². The number of hydrogen-bond donors (Lipinski definition) is 2. The minimum Gasteiger partial charge on any atom is -0.355 e.